The van der Waals surface area contributed by atoms with Crippen LogP contribution in [0.5, 0.6) is 0 Å². The van der Waals surface area contributed by atoms with Crippen molar-refractivity contribution in [2.45, 2.75) is 177 Å². The number of carbonyl (C=O) groups excluding carboxylic acids is 15. The summed E-state index contributed by atoms with van der Waals surface area (Å²) in [7, 11) is 0. The number of thioether (sulfide) groups is 1. The van der Waals surface area contributed by atoms with E-state index in [0.717, 1.165) is 0 Å². The van der Waals surface area contributed by atoms with Gasteiger partial charge in [-0.15, -0.1) is 0 Å². The van der Waals surface area contributed by atoms with Gasteiger partial charge in [0, 0.05) is 76.2 Å². The molecule has 0 saturated carbocycles. The molecule has 5 aromatic heterocycles. The largest absolute Gasteiger partial charge is 0.480 e. The third kappa shape index (κ3) is 32.6. The fourth-order valence-electron chi connectivity index (χ4n) is 12.3. The number of hydrogen-bond donors (Lipinski definition) is 27. The first-order valence-electron chi connectivity index (χ1n) is 38.9. The number of nitrogens with one attached hydrogen (secondary N) is 21. The molecule has 0 aromatic carbocycles. The molecule has 15 amide bonds. The number of amides is 15. The second kappa shape index (κ2) is 50.2. The molecule has 5 aromatic rings. The van der Waals surface area contributed by atoms with Crippen LogP contribution in [-0.4, -0.2) is 319 Å². The minimum absolute atomic E-state index is 0.0185. The molecule has 0 radical (unpaired) electrons. The highest BCUT2D eigenvalue weighted by molar-refractivity contribution is 7.98. The summed E-state index contributed by atoms with van der Waals surface area (Å²) in [5.74, 6) is -16.4. The van der Waals surface area contributed by atoms with E-state index >= 15 is 0 Å². The number of hydrogen-bond acceptors (Lipinski definition) is 27. The molecule has 1 aliphatic heterocycles. The summed E-state index contributed by atoms with van der Waals surface area (Å²) in [6, 6.07) is -19.4. The number of likely N-dealkylation sites (tertiary alicyclic amines) is 1. The van der Waals surface area contributed by atoms with Gasteiger partial charge in [-0.05, 0) is 62.4 Å². The highest BCUT2D eigenvalue weighted by atomic mass is 32.2. The summed E-state index contributed by atoms with van der Waals surface area (Å²) >= 11 is 1.46. The Kier molecular flexibility index (Phi) is 40.3. The van der Waals surface area contributed by atoms with E-state index in [-0.39, 0.29) is 106 Å². The molecule has 0 aliphatic carbocycles. The van der Waals surface area contributed by atoms with Gasteiger partial charge in [-0.25, -0.2) is 29.7 Å². The van der Waals surface area contributed by atoms with Crippen molar-refractivity contribution in [2.75, 3.05) is 64.6 Å². The molecule has 0 bridgehead atoms. The fraction of sp³-hybridized carbons (Fsp3) is 0.556. The number of aliphatic hydroxyl groups is 3. The Bertz CT molecular complexity index is 4270. The van der Waals surface area contributed by atoms with Crippen molar-refractivity contribution >= 4 is 112 Å². The average molecular weight is 1730 g/mol. The van der Waals surface area contributed by atoms with Gasteiger partial charge in [0.25, 0.3) is 0 Å². The molecular weight excluding hydrogens is 1620 g/mol. The van der Waals surface area contributed by atoms with Crippen molar-refractivity contribution < 1.29 is 97.1 Å². The number of imidazole rings is 5. The summed E-state index contributed by atoms with van der Waals surface area (Å²) in [4.78, 5) is 256. The van der Waals surface area contributed by atoms with Crippen molar-refractivity contribution in [1.82, 2.24) is 134 Å². The van der Waals surface area contributed by atoms with Gasteiger partial charge in [-0.2, -0.15) is 11.8 Å². The van der Waals surface area contributed by atoms with Crippen LogP contribution in [0.1, 0.15) is 94.7 Å². The zero-order chi connectivity index (χ0) is 89.5. The lowest BCUT2D eigenvalue weighted by atomic mass is 9.99. The number of aliphatic hydroxyl groups excluding tert-OH is 3. The maximum absolute atomic E-state index is 14.7. The molecule has 668 valence electrons. The van der Waals surface area contributed by atoms with E-state index in [1.165, 1.54) is 79.3 Å². The second-order valence-electron chi connectivity index (χ2n) is 29.1. The standard InChI is InChI=1S/C72H109N29O20S/c1-36(2)14-45(66(115)100-58(37(3)4)70(119)101-12-7-9-54(101)69(118)93-44(8-6-11-81-72(74)75)60(109)83-27-57(107)92-53(30-104)68(117)98-50(71(120)121)19-42-24-80-35-89-42)90-55(105)26-84-61(110)51(28-102)99-65(114)49(18-41-23-79-34-88-41)96-63(112)47(16-39-21-77-32-86-39)94-62(111)46(15-38-20-76-31-85-38)95-64(113)48(17-40-22-78-33-87-40)97-67(116)52(29-103)91-56(106)25-82-59(108)43(73)10-13-122-5/h20-24,31-37,43-54,58,102-104H,6-19,25-30,73H2,1-5H3,(H,76,85)(H,77,86)(H,78,87)(H,79,88)(H,80,89)(H,82,108)(H,83,109)(H,84,110)(H,90,105)(H,91,106)(H,92,107)(H,93,118)(H,94,111)(H,95,113)(H,96,112)(H,97,116)(H,98,117)(H,99,114)(H,100,115)(H,120,121)(H4,74,75,81)/t43-,44-,45-,46-,47-,48-,49-,50-,51-,52-,53-,54-,58-/m0/s1. The number of carboxylic acid groups (broad SMARTS) is 1. The van der Waals surface area contributed by atoms with Crippen LogP contribution in [0.25, 0.3) is 0 Å². The van der Waals surface area contributed by atoms with Gasteiger partial charge in [0.2, 0.25) is 88.6 Å². The lowest BCUT2D eigenvalue weighted by molar-refractivity contribution is -0.143. The molecule has 49 nitrogen and oxygen atoms in total. The first kappa shape index (κ1) is 97.9. The normalized spacial score (nSPS) is 15.4. The molecular formula is C72H109N29O20S. The Labute approximate surface area is 702 Å². The molecule has 122 heavy (non-hydrogen) atoms. The SMILES string of the molecule is CSCC[C@H](N)C(=O)NCC(=O)N[C@@H](CO)C(=O)N[C@@H](Cc1c[nH]cn1)C(=O)N[C@@H](Cc1c[nH]cn1)C(=O)N[C@@H](Cc1c[nH]cn1)C(=O)N[C@@H](Cc1c[nH]cn1)C(=O)N[C@@H](CO)C(=O)NCC(=O)N[C@@H](CC(C)C)C(=O)N[C@H](C(=O)N1CCC[C@H]1C(=O)N[C@@H](CCCNC(=N)N)C(=O)NCC(=O)N[C@@H](CO)C(=O)N[C@@H](Cc1c[nH]cn1)C(=O)O)C(C)C. The van der Waals surface area contributed by atoms with E-state index in [1.807, 2.05) is 6.26 Å². The van der Waals surface area contributed by atoms with E-state index in [9.17, 15) is 97.1 Å². The minimum atomic E-state index is -1.83. The van der Waals surface area contributed by atoms with Gasteiger partial charge >= 0.3 is 5.97 Å². The Morgan fingerprint density at radius 2 is 0.820 bits per heavy atom. The number of guanidine groups is 1. The molecule has 29 N–H and O–H groups in total. The van der Waals surface area contributed by atoms with E-state index in [2.05, 4.69) is 130 Å². The zero-order valence-corrected chi connectivity index (χ0v) is 68.5. The van der Waals surface area contributed by atoms with E-state index in [0.29, 0.717) is 24.3 Å². The Balaban J connectivity index is 1.09. The van der Waals surface area contributed by atoms with Gasteiger partial charge in [0.15, 0.2) is 5.96 Å². The van der Waals surface area contributed by atoms with Gasteiger partial charge < -0.3 is 141 Å². The van der Waals surface area contributed by atoms with Crippen LogP contribution < -0.4 is 91.2 Å². The minimum Gasteiger partial charge on any atom is -0.480 e. The quantitative estimate of drug-likeness (QED) is 0.00976. The molecule has 1 saturated heterocycles. The smallest absolute Gasteiger partial charge is 0.326 e. The van der Waals surface area contributed by atoms with Gasteiger partial charge in [0.05, 0.1) is 106 Å². The lowest BCUT2D eigenvalue weighted by Crippen LogP contribution is -2.61. The van der Waals surface area contributed by atoms with Crippen molar-refractivity contribution in [3.05, 3.63) is 91.1 Å². The van der Waals surface area contributed by atoms with Crippen molar-refractivity contribution in [3.63, 3.8) is 0 Å². The van der Waals surface area contributed by atoms with Crippen LogP contribution in [0.4, 0.5) is 0 Å². The lowest BCUT2D eigenvalue weighted by Gasteiger charge is -2.32. The molecule has 13 atom stereocenters. The molecule has 50 heteroatoms. The van der Waals surface area contributed by atoms with Gasteiger partial charge in [0.1, 0.15) is 72.5 Å². The number of aromatic nitrogens is 10. The Morgan fingerprint density at radius 1 is 0.467 bits per heavy atom. The fourth-order valence-corrected chi connectivity index (χ4v) is 12.8. The molecule has 6 rings (SSSR count). The van der Waals surface area contributed by atoms with Gasteiger partial charge in [-0.3, -0.25) is 77.3 Å². The van der Waals surface area contributed by atoms with Crippen LogP contribution >= 0.6 is 11.8 Å². The molecule has 1 aliphatic rings. The zero-order valence-electron chi connectivity index (χ0n) is 67.6. The average Bonchev–Trinajstić information content (AvgIpc) is 1.64. The maximum atomic E-state index is 14.7. The summed E-state index contributed by atoms with van der Waals surface area (Å²) in [6.45, 7) is 1.47. The van der Waals surface area contributed by atoms with Crippen LogP contribution in [0.3, 0.4) is 0 Å². The van der Waals surface area contributed by atoms with Crippen LogP contribution in [-0.2, 0) is 109 Å². The number of aromatic amines is 5. The Hall–Kier alpha value is -13.0. The van der Waals surface area contributed by atoms with E-state index in [4.69, 9.17) is 16.9 Å². The summed E-state index contributed by atoms with van der Waals surface area (Å²) in [5, 5.41) is 84.8. The number of aliphatic carboxylic acids is 1. The van der Waals surface area contributed by atoms with Crippen LogP contribution in [0.2, 0.25) is 0 Å². The van der Waals surface area contributed by atoms with Crippen LogP contribution in [0.15, 0.2) is 62.6 Å². The number of nitrogens with zero attached hydrogens (tertiary/aromatic N) is 6. The van der Waals surface area contributed by atoms with E-state index < -0.39 is 218 Å². The molecule has 0 unspecified atom stereocenters. The van der Waals surface area contributed by atoms with Crippen molar-refractivity contribution in [3.8, 4) is 0 Å². The molecule has 6 heterocycles. The topological polar surface area (TPSA) is 757 Å². The Morgan fingerprint density at radius 3 is 1.18 bits per heavy atom. The van der Waals surface area contributed by atoms with Crippen molar-refractivity contribution in [1.29, 1.82) is 5.41 Å². The van der Waals surface area contributed by atoms with Crippen LogP contribution in [0, 0.1) is 17.2 Å². The first-order chi connectivity index (χ1) is 58.2. The number of H-pyrrole nitrogens is 5. The third-order valence-corrected chi connectivity index (χ3v) is 19.4. The highest BCUT2D eigenvalue weighted by Crippen LogP contribution is 2.22. The summed E-state index contributed by atoms with van der Waals surface area (Å²) in [5.41, 5.74) is 12.5. The number of carbonyl (C=O) groups is 16. The molecule has 1 fully saturated rings. The predicted octanol–water partition coefficient (Wildman–Crippen LogP) is -10.4. The van der Waals surface area contributed by atoms with E-state index in [1.54, 1.807) is 27.7 Å². The first-order valence-corrected chi connectivity index (χ1v) is 40.3. The molecule has 0 spiro atoms. The van der Waals surface area contributed by atoms with Gasteiger partial charge in [-0.1, -0.05) is 27.7 Å². The number of nitrogens with two attached hydrogens (primary N) is 2. The number of carboxylic acids is 1. The second-order valence-corrected chi connectivity index (χ2v) is 30.1. The van der Waals surface area contributed by atoms with Crippen molar-refractivity contribution in [2.24, 2.45) is 23.3 Å². The predicted molar refractivity (Wildman–Crippen MR) is 430 cm³/mol. The summed E-state index contributed by atoms with van der Waals surface area (Å²) < 4.78 is 0. The highest BCUT2D eigenvalue weighted by Gasteiger charge is 2.42. The monoisotopic (exact) mass is 1730 g/mol. The summed E-state index contributed by atoms with van der Waals surface area (Å²) in [6.07, 6.45) is 14.3. The number of rotatable bonds is 53. The third-order valence-electron chi connectivity index (χ3n) is 18.8. The maximum Gasteiger partial charge on any atom is 0.326 e.